The van der Waals surface area contributed by atoms with Crippen LogP contribution >= 0.6 is 0 Å². The van der Waals surface area contributed by atoms with Crippen LogP contribution in [-0.4, -0.2) is 51.3 Å². The summed E-state index contributed by atoms with van der Waals surface area (Å²) in [5.74, 6) is 2.17. The highest BCUT2D eigenvalue weighted by Crippen LogP contribution is 2.18. The van der Waals surface area contributed by atoms with Gasteiger partial charge in [0, 0.05) is 37.8 Å². The lowest BCUT2D eigenvalue weighted by Gasteiger charge is -2.33. The summed E-state index contributed by atoms with van der Waals surface area (Å²) in [6.45, 7) is 7.35. The molecule has 0 atom stereocenters. The SMILES string of the molecule is Cc1cc(CN2CCN(Cc3nnc(-c4ccccc4)o3)CC2)on1. The first-order chi connectivity index (χ1) is 12.3. The van der Waals surface area contributed by atoms with Gasteiger partial charge in [-0.25, -0.2) is 0 Å². The van der Waals surface area contributed by atoms with E-state index in [1.54, 1.807) is 0 Å². The van der Waals surface area contributed by atoms with Crippen LogP contribution in [0, 0.1) is 6.92 Å². The summed E-state index contributed by atoms with van der Waals surface area (Å²) < 4.78 is 11.1. The molecule has 0 unspecified atom stereocenters. The molecular formula is C18H21N5O2. The number of piperazine rings is 1. The molecule has 2 aromatic heterocycles. The summed E-state index contributed by atoms with van der Waals surface area (Å²) in [7, 11) is 0. The average Bonchev–Trinajstić information content (AvgIpc) is 3.27. The van der Waals surface area contributed by atoms with E-state index < -0.39 is 0 Å². The fourth-order valence-electron chi connectivity index (χ4n) is 3.02. The lowest BCUT2D eigenvalue weighted by Crippen LogP contribution is -2.45. The predicted octanol–water partition coefficient (Wildman–Crippen LogP) is 2.35. The van der Waals surface area contributed by atoms with Crippen molar-refractivity contribution in [1.29, 1.82) is 0 Å². The van der Waals surface area contributed by atoms with Crippen LogP contribution in [0.25, 0.3) is 11.5 Å². The Morgan fingerprint density at radius 1 is 0.960 bits per heavy atom. The predicted molar refractivity (Wildman–Crippen MR) is 91.5 cm³/mol. The monoisotopic (exact) mass is 339 g/mol. The van der Waals surface area contributed by atoms with Crippen LogP contribution in [0.15, 0.2) is 45.3 Å². The maximum atomic E-state index is 5.80. The van der Waals surface area contributed by atoms with Crippen molar-refractivity contribution in [1.82, 2.24) is 25.2 Å². The van der Waals surface area contributed by atoms with Crippen LogP contribution in [0.3, 0.4) is 0 Å². The number of hydrogen-bond donors (Lipinski definition) is 0. The molecule has 0 spiro atoms. The highest BCUT2D eigenvalue weighted by molar-refractivity contribution is 5.51. The molecule has 1 aromatic carbocycles. The summed E-state index contributed by atoms with van der Waals surface area (Å²) in [5.41, 5.74) is 1.88. The van der Waals surface area contributed by atoms with Gasteiger partial charge in [0.1, 0.15) is 0 Å². The van der Waals surface area contributed by atoms with Gasteiger partial charge < -0.3 is 8.94 Å². The molecule has 0 bridgehead atoms. The Balaban J connectivity index is 1.29. The Morgan fingerprint density at radius 3 is 2.36 bits per heavy atom. The first-order valence-corrected chi connectivity index (χ1v) is 8.51. The first-order valence-electron chi connectivity index (χ1n) is 8.51. The average molecular weight is 339 g/mol. The second-order valence-electron chi connectivity index (χ2n) is 6.35. The maximum Gasteiger partial charge on any atom is 0.247 e. The zero-order valence-electron chi connectivity index (χ0n) is 14.3. The maximum absolute atomic E-state index is 5.80. The molecule has 3 heterocycles. The fourth-order valence-corrected chi connectivity index (χ4v) is 3.02. The van der Waals surface area contributed by atoms with Gasteiger partial charge in [-0.05, 0) is 19.1 Å². The zero-order chi connectivity index (χ0) is 17.1. The number of nitrogens with zero attached hydrogens (tertiary/aromatic N) is 5. The van der Waals surface area contributed by atoms with Crippen molar-refractivity contribution in [2.45, 2.75) is 20.0 Å². The molecule has 0 saturated carbocycles. The van der Waals surface area contributed by atoms with Crippen LogP contribution in [0.4, 0.5) is 0 Å². The van der Waals surface area contributed by atoms with Gasteiger partial charge >= 0.3 is 0 Å². The highest BCUT2D eigenvalue weighted by atomic mass is 16.5. The van der Waals surface area contributed by atoms with Gasteiger partial charge in [0.25, 0.3) is 0 Å². The molecule has 4 rings (SSSR count). The van der Waals surface area contributed by atoms with Crippen molar-refractivity contribution in [3.8, 4) is 11.5 Å². The molecular weight excluding hydrogens is 318 g/mol. The van der Waals surface area contributed by atoms with Crippen molar-refractivity contribution < 1.29 is 8.94 Å². The highest BCUT2D eigenvalue weighted by Gasteiger charge is 2.20. The smallest absolute Gasteiger partial charge is 0.247 e. The molecule has 7 nitrogen and oxygen atoms in total. The minimum absolute atomic E-state index is 0.579. The molecule has 1 aliphatic rings. The van der Waals surface area contributed by atoms with E-state index in [1.807, 2.05) is 43.3 Å². The molecule has 130 valence electrons. The van der Waals surface area contributed by atoms with E-state index in [1.165, 1.54) is 0 Å². The third-order valence-electron chi connectivity index (χ3n) is 4.37. The van der Waals surface area contributed by atoms with Crippen LogP contribution in [0.2, 0.25) is 0 Å². The molecule has 1 fully saturated rings. The van der Waals surface area contributed by atoms with Crippen LogP contribution in [-0.2, 0) is 13.1 Å². The third-order valence-corrected chi connectivity index (χ3v) is 4.37. The van der Waals surface area contributed by atoms with Crippen molar-refractivity contribution >= 4 is 0 Å². The van der Waals surface area contributed by atoms with E-state index in [9.17, 15) is 0 Å². The Labute approximate surface area is 146 Å². The first kappa shape index (κ1) is 16.0. The fraction of sp³-hybridized carbons (Fsp3) is 0.389. The normalized spacial score (nSPS) is 16.4. The molecule has 0 aliphatic carbocycles. The Bertz CT molecular complexity index is 806. The van der Waals surface area contributed by atoms with Crippen LogP contribution in [0.5, 0.6) is 0 Å². The molecule has 25 heavy (non-hydrogen) atoms. The molecule has 3 aromatic rings. The molecule has 0 N–H and O–H groups in total. The van der Waals surface area contributed by atoms with Crippen molar-refractivity contribution in [2.24, 2.45) is 0 Å². The molecule has 0 radical (unpaired) electrons. The van der Waals surface area contributed by atoms with E-state index >= 15 is 0 Å². The summed E-state index contributed by atoms with van der Waals surface area (Å²) in [6.07, 6.45) is 0. The molecule has 1 aliphatic heterocycles. The van der Waals surface area contributed by atoms with E-state index in [0.29, 0.717) is 18.3 Å². The van der Waals surface area contributed by atoms with Crippen LogP contribution in [0.1, 0.15) is 17.3 Å². The zero-order valence-corrected chi connectivity index (χ0v) is 14.3. The van der Waals surface area contributed by atoms with Crippen LogP contribution < -0.4 is 0 Å². The van der Waals surface area contributed by atoms with Gasteiger partial charge in [-0.15, -0.1) is 10.2 Å². The van der Waals surface area contributed by atoms with E-state index in [4.69, 9.17) is 8.94 Å². The van der Waals surface area contributed by atoms with Gasteiger partial charge in [0.15, 0.2) is 5.76 Å². The van der Waals surface area contributed by atoms with E-state index in [-0.39, 0.29) is 0 Å². The Hall–Kier alpha value is -2.51. The van der Waals surface area contributed by atoms with Crippen molar-refractivity contribution in [3.63, 3.8) is 0 Å². The standard InChI is InChI=1S/C18H21N5O2/c1-14-11-16(25-21-14)12-22-7-9-23(10-8-22)13-17-19-20-18(24-17)15-5-3-2-4-6-15/h2-6,11H,7-10,12-13H2,1H3. The topological polar surface area (TPSA) is 71.4 Å². The van der Waals surface area contributed by atoms with Gasteiger partial charge in [0.05, 0.1) is 18.8 Å². The molecule has 0 amide bonds. The summed E-state index contributed by atoms with van der Waals surface area (Å²) in [5, 5.41) is 12.3. The molecule has 1 saturated heterocycles. The second kappa shape index (κ2) is 7.16. The summed E-state index contributed by atoms with van der Waals surface area (Å²) in [6, 6.07) is 11.8. The second-order valence-corrected chi connectivity index (χ2v) is 6.35. The lowest BCUT2D eigenvalue weighted by atomic mass is 10.2. The van der Waals surface area contributed by atoms with E-state index in [0.717, 1.165) is 49.7 Å². The number of benzene rings is 1. The Kier molecular flexibility index (Phi) is 4.58. The van der Waals surface area contributed by atoms with Crippen molar-refractivity contribution in [2.75, 3.05) is 26.2 Å². The summed E-state index contributed by atoms with van der Waals surface area (Å²) >= 11 is 0. The number of aromatic nitrogens is 3. The van der Waals surface area contributed by atoms with Gasteiger partial charge in [-0.1, -0.05) is 23.4 Å². The number of hydrogen-bond acceptors (Lipinski definition) is 7. The lowest BCUT2D eigenvalue weighted by molar-refractivity contribution is 0.107. The van der Waals surface area contributed by atoms with Crippen molar-refractivity contribution in [3.05, 3.63) is 53.7 Å². The van der Waals surface area contributed by atoms with Gasteiger partial charge in [-0.2, -0.15) is 0 Å². The largest absolute Gasteiger partial charge is 0.419 e. The molecule has 7 heteroatoms. The number of aryl methyl sites for hydroxylation is 1. The van der Waals surface area contributed by atoms with E-state index in [2.05, 4.69) is 25.2 Å². The van der Waals surface area contributed by atoms with Gasteiger partial charge in [-0.3, -0.25) is 9.80 Å². The third kappa shape index (κ3) is 3.94. The number of rotatable bonds is 5. The summed E-state index contributed by atoms with van der Waals surface area (Å²) in [4.78, 5) is 4.71. The quantitative estimate of drug-likeness (QED) is 0.706. The Morgan fingerprint density at radius 2 is 1.68 bits per heavy atom. The minimum atomic E-state index is 0.579. The van der Waals surface area contributed by atoms with Gasteiger partial charge in [0.2, 0.25) is 11.8 Å². The minimum Gasteiger partial charge on any atom is -0.419 e.